The van der Waals surface area contributed by atoms with Gasteiger partial charge in [-0.3, -0.25) is 5.32 Å². The van der Waals surface area contributed by atoms with Crippen molar-refractivity contribution in [3.63, 3.8) is 0 Å². The zero-order valence-electron chi connectivity index (χ0n) is 11.4. The van der Waals surface area contributed by atoms with E-state index in [1.54, 1.807) is 33.1 Å². The summed E-state index contributed by atoms with van der Waals surface area (Å²) in [5.41, 5.74) is -2.09. The Balaban J connectivity index is 2.81. The molecule has 1 amide bonds. The number of nitrogens with one attached hydrogen (secondary N) is 1. The quantitative estimate of drug-likeness (QED) is 0.594. The molecule has 2 atom stereocenters. The fourth-order valence-corrected chi connectivity index (χ4v) is 3.17. The molecular weight excluding hydrogens is 266 g/mol. The van der Waals surface area contributed by atoms with Gasteiger partial charge in [-0.2, -0.15) is 0 Å². The first-order chi connectivity index (χ1) is 8.68. The summed E-state index contributed by atoms with van der Waals surface area (Å²) in [6.07, 6.45) is 0.738. The van der Waals surface area contributed by atoms with Crippen molar-refractivity contribution in [1.29, 1.82) is 0 Å². The van der Waals surface area contributed by atoms with Crippen molar-refractivity contribution in [2.75, 3.05) is 5.75 Å². The minimum absolute atomic E-state index is 0.239. The van der Waals surface area contributed by atoms with Gasteiger partial charge in [0.15, 0.2) is 11.0 Å². The first kappa shape index (κ1) is 15.4. The van der Waals surface area contributed by atoms with Crippen molar-refractivity contribution >= 4 is 23.0 Å². The summed E-state index contributed by atoms with van der Waals surface area (Å²) in [4.78, 5) is 23.1. The Bertz CT molecular complexity index is 469. The van der Waals surface area contributed by atoms with E-state index in [1.165, 1.54) is 6.08 Å². The molecule has 0 spiro atoms. The molecule has 2 unspecified atom stereocenters. The lowest BCUT2D eigenvalue weighted by Crippen LogP contribution is -2.56. The summed E-state index contributed by atoms with van der Waals surface area (Å²) in [6, 6.07) is 0. The van der Waals surface area contributed by atoms with Crippen molar-refractivity contribution < 1.29 is 19.4 Å². The Morgan fingerprint density at radius 1 is 1.47 bits per heavy atom. The molecule has 2 N–H and O–H groups in total. The summed E-state index contributed by atoms with van der Waals surface area (Å²) in [6.45, 7) is 6.86. The number of ether oxygens (including phenoxy) is 1. The summed E-state index contributed by atoms with van der Waals surface area (Å²) in [5, 5.41) is 16.4. The van der Waals surface area contributed by atoms with Crippen molar-refractivity contribution in [3.05, 3.63) is 11.5 Å². The van der Waals surface area contributed by atoms with Crippen molar-refractivity contribution in [3.8, 4) is 11.2 Å². The standard InChI is InChI=1S/C13H17NO4S/c1-5-7-19-8-6-13(9-19,10(15)16)14-11(17)18-12(2,3)4/h6,8H,9H2,1-4H3,(H-,14,15,16,17)/p+1. The minimum atomic E-state index is -1.42. The van der Waals surface area contributed by atoms with E-state index in [9.17, 15) is 14.7 Å². The largest absolute Gasteiger partial charge is 0.479 e. The molecule has 0 aromatic rings. The molecule has 0 saturated carbocycles. The van der Waals surface area contributed by atoms with E-state index >= 15 is 0 Å². The maximum atomic E-state index is 11.7. The van der Waals surface area contributed by atoms with Crippen LogP contribution in [0.1, 0.15) is 27.7 Å². The number of amides is 1. The van der Waals surface area contributed by atoms with Crippen molar-refractivity contribution in [2.24, 2.45) is 0 Å². The first-order valence-corrected chi connectivity index (χ1v) is 7.20. The Hall–Kier alpha value is -1.61. The van der Waals surface area contributed by atoms with Crippen molar-refractivity contribution in [1.82, 2.24) is 5.32 Å². The third-order valence-electron chi connectivity index (χ3n) is 2.24. The zero-order chi connectivity index (χ0) is 14.7. The van der Waals surface area contributed by atoms with Crippen LogP contribution < -0.4 is 5.32 Å². The molecule has 19 heavy (non-hydrogen) atoms. The van der Waals surface area contributed by atoms with Crippen LogP contribution in [0, 0.1) is 11.2 Å². The molecule has 5 nitrogen and oxygen atoms in total. The second-order valence-electron chi connectivity index (χ2n) is 5.13. The fourth-order valence-electron chi connectivity index (χ4n) is 1.49. The van der Waals surface area contributed by atoms with Crippen LogP contribution in [0.4, 0.5) is 4.79 Å². The Morgan fingerprint density at radius 2 is 2.11 bits per heavy atom. The number of carbonyl (C=O) groups excluding carboxylic acids is 1. The van der Waals surface area contributed by atoms with Gasteiger partial charge in [-0.15, -0.1) is 0 Å². The predicted octanol–water partition coefficient (Wildman–Crippen LogP) is 1.46. The molecule has 104 valence electrons. The number of carboxylic acid groups (broad SMARTS) is 1. The summed E-state index contributed by atoms with van der Waals surface area (Å²) < 4.78 is 5.09. The van der Waals surface area contributed by atoms with Crippen LogP contribution in [0.2, 0.25) is 0 Å². The average molecular weight is 284 g/mol. The summed E-state index contributed by atoms with van der Waals surface area (Å²) in [5.74, 6) is 1.88. The van der Waals surface area contributed by atoms with Crippen LogP contribution in [0.3, 0.4) is 0 Å². The first-order valence-electron chi connectivity index (χ1n) is 5.74. The highest BCUT2D eigenvalue weighted by Crippen LogP contribution is 2.23. The highest BCUT2D eigenvalue weighted by molar-refractivity contribution is 8.04. The highest BCUT2D eigenvalue weighted by Gasteiger charge is 2.49. The highest BCUT2D eigenvalue weighted by atomic mass is 32.2. The number of aliphatic carboxylic acids is 1. The van der Waals surface area contributed by atoms with Gasteiger partial charge in [0.25, 0.3) is 0 Å². The SMILES string of the molecule is CC#C[S+]1C=CC(NC(=O)OC(C)(C)C)(C(=O)O)C1. The van der Waals surface area contributed by atoms with Gasteiger partial charge >= 0.3 is 12.1 Å². The normalized spacial score (nSPS) is 25.4. The van der Waals surface area contributed by atoms with E-state index in [4.69, 9.17) is 4.74 Å². The molecule has 0 fully saturated rings. The van der Waals surface area contributed by atoms with E-state index in [0.29, 0.717) is 0 Å². The maximum absolute atomic E-state index is 11.7. The lowest BCUT2D eigenvalue weighted by molar-refractivity contribution is -0.141. The van der Waals surface area contributed by atoms with Gasteiger partial charge in [0.2, 0.25) is 5.54 Å². The van der Waals surface area contributed by atoms with E-state index in [1.807, 2.05) is 0 Å². The minimum Gasteiger partial charge on any atom is -0.479 e. The van der Waals surface area contributed by atoms with Crippen molar-refractivity contribution in [2.45, 2.75) is 38.8 Å². The van der Waals surface area contributed by atoms with Crippen LogP contribution in [0.5, 0.6) is 0 Å². The maximum Gasteiger partial charge on any atom is 0.408 e. The second kappa shape index (κ2) is 5.57. The van der Waals surface area contributed by atoms with Gasteiger partial charge < -0.3 is 9.84 Å². The topological polar surface area (TPSA) is 75.6 Å². The molecule has 0 aromatic heterocycles. The fraction of sp³-hybridized carbons (Fsp3) is 0.538. The number of carboxylic acids is 1. The second-order valence-corrected chi connectivity index (χ2v) is 6.75. The summed E-state index contributed by atoms with van der Waals surface area (Å²) in [7, 11) is -0.450. The van der Waals surface area contributed by atoms with Crippen LogP contribution in [0.15, 0.2) is 11.5 Å². The van der Waals surface area contributed by atoms with Gasteiger partial charge in [-0.25, -0.2) is 9.59 Å². The molecule has 6 heteroatoms. The molecule has 0 bridgehead atoms. The molecule has 1 aliphatic rings. The van der Waals surface area contributed by atoms with Gasteiger partial charge in [0, 0.05) is 13.0 Å². The molecule has 1 aliphatic heterocycles. The Kier molecular flexibility index (Phi) is 4.53. The number of rotatable bonds is 2. The molecule has 0 aromatic carbocycles. The van der Waals surface area contributed by atoms with Crippen LogP contribution in [-0.2, 0) is 20.4 Å². The Morgan fingerprint density at radius 3 is 2.58 bits per heavy atom. The van der Waals surface area contributed by atoms with E-state index in [2.05, 4.69) is 16.5 Å². The number of alkyl carbamates (subject to hydrolysis) is 1. The molecule has 0 radical (unpaired) electrons. The van der Waals surface area contributed by atoms with E-state index in [0.717, 1.165) is 0 Å². The lowest BCUT2D eigenvalue weighted by Gasteiger charge is -2.25. The average Bonchev–Trinajstić information content (AvgIpc) is 2.60. The number of hydrogen-bond acceptors (Lipinski definition) is 3. The molecule has 0 aliphatic carbocycles. The van der Waals surface area contributed by atoms with Crippen LogP contribution >= 0.6 is 0 Å². The smallest absolute Gasteiger partial charge is 0.408 e. The Labute approximate surface area is 115 Å². The van der Waals surface area contributed by atoms with Gasteiger partial charge in [-0.1, -0.05) is 0 Å². The summed E-state index contributed by atoms with van der Waals surface area (Å²) >= 11 is 0. The third-order valence-corrected chi connectivity index (χ3v) is 3.94. The number of carbonyl (C=O) groups is 2. The monoisotopic (exact) mass is 284 g/mol. The van der Waals surface area contributed by atoms with Gasteiger partial charge in [0.1, 0.15) is 21.9 Å². The third kappa shape index (κ3) is 4.21. The van der Waals surface area contributed by atoms with Gasteiger partial charge in [0.05, 0.1) is 0 Å². The zero-order valence-corrected chi connectivity index (χ0v) is 12.3. The van der Waals surface area contributed by atoms with Crippen LogP contribution in [0.25, 0.3) is 0 Å². The molecule has 0 saturated heterocycles. The molecular formula is C13H18NO4S+. The molecule has 1 heterocycles. The van der Waals surface area contributed by atoms with E-state index in [-0.39, 0.29) is 5.75 Å². The molecule has 1 rings (SSSR count). The van der Waals surface area contributed by atoms with Gasteiger partial charge in [-0.05, 0) is 26.7 Å². The number of hydrogen-bond donors (Lipinski definition) is 2. The van der Waals surface area contributed by atoms with E-state index < -0.39 is 34.1 Å². The lowest BCUT2D eigenvalue weighted by atomic mass is 10.0. The predicted molar refractivity (Wildman–Crippen MR) is 74.6 cm³/mol. The van der Waals surface area contributed by atoms with Crippen LogP contribution in [-0.4, -0.2) is 34.1 Å².